The van der Waals surface area contributed by atoms with E-state index in [1.807, 2.05) is 13.8 Å². The number of hydrogen-bond acceptors (Lipinski definition) is 4. The molecule has 2 heterocycles. The highest BCUT2D eigenvalue weighted by molar-refractivity contribution is 7.91. The van der Waals surface area contributed by atoms with E-state index in [-0.39, 0.29) is 17.1 Å². The van der Waals surface area contributed by atoms with Gasteiger partial charge in [-0.05, 0) is 38.3 Å². The first-order valence-electron chi connectivity index (χ1n) is 6.31. The molecule has 2 atom stereocenters. The van der Waals surface area contributed by atoms with Gasteiger partial charge in [-0.1, -0.05) is 19.1 Å². The Morgan fingerprint density at radius 3 is 2.74 bits per heavy atom. The van der Waals surface area contributed by atoms with Gasteiger partial charge in [0.15, 0.2) is 0 Å². The topological polar surface area (TPSA) is 63.4 Å². The van der Waals surface area contributed by atoms with Crippen LogP contribution in [-0.2, 0) is 10.0 Å². The lowest BCUT2D eigenvalue weighted by atomic mass is 10.2. The summed E-state index contributed by atoms with van der Waals surface area (Å²) in [4.78, 5) is 0.890. The summed E-state index contributed by atoms with van der Waals surface area (Å²) in [5.74, 6) is 0. The summed E-state index contributed by atoms with van der Waals surface area (Å²) in [5.41, 5.74) is 5.54. The van der Waals surface area contributed by atoms with Crippen molar-refractivity contribution in [2.75, 3.05) is 0 Å². The van der Waals surface area contributed by atoms with E-state index >= 15 is 0 Å². The number of nitrogens with two attached hydrogens (primary N) is 1. The molecular weight excluding hydrogens is 300 g/mol. The van der Waals surface area contributed by atoms with Crippen molar-refractivity contribution in [1.82, 2.24) is 4.31 Å². The molecule has 1 fully saturated rings. The van der Waals surface area contributed by atoms with Crippen LogP contribution in [-0.4, -0.2) is 29.8 Å². The molecule has 7 heteroatoms. The predicted molar refractivity (Wildman–Crippen MR) is 82.0 cm³/mol. The summed E-state index contributed by atoms with van der Waals surface area (Å²) >= 11 is 6.04. The zero-order valence-electron chi connectivity index (χ0n) is 11.0. The number of nitrogens with zero attached hydrogens (tertiary/aromatic N) is 1. The van der Waals surface area contributed by atoms with Crippen molar-refractivity contribution >= 4 is 38.6 Å². The zero-order valence-corrected chi connectivity index (χ0v) is 13.4. The van der Waals surface area contributed by atoms with E-state index in [2.05, 4.69) is 0 Å². The van der Waals surface area contributed by atoms with Crippen LogP contribution in [0.1, 0.15) is 38.0 Å². The molecule has 0 aliphatic carbocycles. The lowest BCUT2D eigenvalue weighted by Crippen LogP contribution is -2.39. The zero-order chi connectivity index (χ0) is 14.2. The molecule has 1 aromatic heterocycles. The second-order valence-corrected chi connectivity index (χ2v) is 8.40. The lowest BCUT2D eigenvalue weighted by molar-refractivity contribution is 0.329. The van der Waals surface area contributed by atoms with Gasteiger partial charge in [0, 0.05) is 12.1 Å². The Kier molecular flexibility index (Phi) is 4.29. The second kappa shape index (κ2) is 5.47. The fourth-order valence-corrected chi connectivity index (χ4v) is 5.97. The Balaban J connectivity index is 2.38. The first-order chi connectivity index (χ1) is 8.87. The van der Waals surface area contributed by atoms with Gasteiger partial charge in [-0.15, -0.1) is 11.3 Å². The van der Waals surface area contributed by atoms with Crippen LogP contribution in [0.25, 0.3) is 0 Å². The van der Waals surface area contributed by atoms with E-state index in [1.54, 1.807) is 16.4 Å². The minimum Gasteiger partial charge on any atom is -0.389 e. The summed E-state index contributed by atoms with van der Waals surface area (Å²) in [6.07, 6.45) is 2.70. The second-order valence-electron chi connectivity index (χ2n) is 4.81. The van der Waals surface area contributed by atoms with Gasteiger partial charge >= 0.3 is 0 Å². The summed E-state index contributed by atoms with van der Waals surface area (Å²) in [5, 5.41) is 0. The normalized spacial score (nSPS) is 24.7. The minimum absolute atomic E-state index is 0.0605. The number of rotatable bonds is 4. The van der Waals surface area contributed by atoms with Crippen molar-refractivity contribution in [3.8, 4) is 0 Å². The molecule has 2 unspecified atom stereocenters. The van der Waals surface area contributed by atoms with Crippen molar-refractivity contribution in [3.63, 3.8) is 0 Å². The molecule has 2 rings (SSSR count). The van der Waals surface area contributed by atoms with E-state index in [0.717, 1.165) is 30.6 Å². The quantitative estimate of drug-likeness (QED) is 0.866. The van der Waals surface area contributed by atoms with E-state index in [1.165, 1.54) is 0 Å². The minimum atomic E-state index is -3.43. The maximum absolute atomic E-state index is 12.7. The molecule has 1 saturated heterocycles. The molecule has 0 radical (unpaired) electrons. The average molecular weight is 318 g/mol. The largest absolute Gasteiger partial charge is 0.389 e. The highest BCUT2D eigenvalue weighted by atomic mass is 32.2. The Morgan fingerprint density at radius 1 is 1.53 bits per heavy atom. The lowest BCUT2D eigenvalue weighted by Gasteiger charge is -2.26. The van der Waals surface area contributed by atoms with Crippen LogP contribution < -0.4 is 5.73 Å². The molecule has 1 aliphatic heterocycles. The van der Waals surface area contributed by atoms with Gasteiger partial charge in [0.1, 0.15) is 9.20 Å². The number of hydrogen-bond donors (Lipinski definition) is 1. The van der Waals surface area contributed by atoms with Gasteiger partial charge in [-0.3, -0.25) is 0 Å². The van der Waals surface area contributed by atoms with Crippen LogP contribution in [0.3, 0.4) is 0 Å². The van der Waals surface area contributed by atoms with E-state index in [0.29, 0.717) is 9.09 Å². The Morgan fingerprint density at radius 2 is 2.21 bits per heavy atom. The smallest absolute Gasteiger partial charge is 0.253 e. The van der Waals surface area contributed by atoms with E-state index in [9.17, 15) is 8.42 Å². The first-order valence-corrected chi connectivity index (χ1v) is 8.97. The molecular formula is C12H18N2O2S3. The predicted octanol–water partition coefficient (Wildman–Crippen LogP) is 2.33. The van der Waals surface area contributed by atoms with E-state index < -0.39 is 10.0 Å². The van der Waals surface area contributed by atoms with Gasteiger partial charge < -0.3 is 5.73 Å². The molecule has 0 amide bonds. The molecule has 106 valence electrons. The molecule has 0 aromatic carbocycles. The third-order valence-electron chi connectivity index (χ3n) is 3.54. The maximum Gasteiger partial charge on any atom is 0.253 e. The molecule has 4 nitrogen and oxygen atoms in total. The molecule has 1 aliphatic rings. The van der Waals surface area contributed by atoms with Gasteiger partial charge in [0.25, 0.3) is 10.0 Å². The van der Waals surface area contributed by atoms with Crippen molar-refractivity contribution in [2.24, 2.45) is 5.73 Å². The van der Waals surface area contributed by atoms with Crippen molar-refractivity contribution in [2.45, 2.75) is 49.4 Å². The molecule has 1 aromatic rings. The fraction of sp³-hybridized carbons (Fsp3) is 0.583. The van der Waals surface area contributed by atoms with Gasteiger partial charge in [0.05, 0.1) is 4.88 Å². The SMILES string of the molecule is CCC1CCC(C)N1S(=O)(=O)c1ccc(C(N)=S)s1. The third-order valence-corrected chi connectivity index (χ3v) is 7.54. The summed E-state index contributed by atoms with van der Waals surface area (Å²) in [7, 11) is -3.43. The van der Waals surface area contributed by atoms with Crippen LogP contribution in [0.2, 0.25) is 0 Å². The summed E-state index contributed by atoms with van der Waals surface area (Å²) in [6.45, 7) is 4.00. The molecule has 0 spiro atoms. The number of thiophene rings is 1. The standard InChI is InChI=1S/C12H18N2O2S3/c1-3-9-5-4-8(2)14(9)19(15,16)11-7-6-10(18-11)12(13)17/h6-9H,3-5H2,1-2H3,(H2,13,17). The fourth-order valence-electron chi connectivity index (χ4n) is 2.56. The van der Waals surface area contributed by atoms with Crippen LogP contribution >= 0.6 is 23.6 Å². The summed E-state index contributed by atoms with van der Waals surface area (Å²) in [6, 6.07) is 3.45. The van der Waals surface area contributed by atoms with E-state index in [4.69, 9.17) is 18.0 Å². The van der Waals surface area contributed by atoms with Crippen LogP contribution in [0, 0.1) is 0 Å². The molecule has 19 heavy (non-hydrogen) atoms. The monoisotopic (exact) mass is 318 g/mol. The third kappa shape index (κ3) is 2.69. The first kappa shape index (κ1) is 14.9. The Labute approximate surface area is 123 Å². The van der Waals surface area contributed by atoms with Crippen LogP contribution in [0.5, 0.6) is 0 Å². The van der Waals surface area contributed by atoms with Crippen molar-refractivity contribution in [1.29, 1.82) is 0 Å². The number of sulfonamides is 1. The maximum atomic E-state index is 12.7. The Hall–Kier alpha value is -0.500. The van der Waals surface area contributed by atoms with Crippen molar-refractivity contribution in [3.05, 3.63) is 17.0 Å². The molecule has 2 N–H and O–H groups in total. The summed E-state index contributed by atoms with van der Waals surface area (Å²) < 4.78 is 27.4. The molecule has 0 saturated carbocycles. The van der Waals surface area contributed by atoms with Crippen LogP contribution in [0.15, 0.2) is 16.3 Å². The number of thiocarbonyl (C=S) groups is 1. The van der Waals surface area contributed by atoms with Gasteiger partial charge in [-0.25, -0.2) is 8.42 Å². The molecule has 0 bridgehead atoms. The Bertz CT molecular complexity index is 580. The van der Waals surface area contributed by atoms with Gasteiger partial charge in [-0.2, -0.15) is 4.31 Å². The highest BCUT2D eigenvalue weighted by Crippen LogP contribution is 2.34. The van der Waals surface area contributed by atoms with Gasteiger partial charge in [0.2, 0.25) is 0 Å². The van der Waals surface area contributed by atoms with Crippen molar-refractivity contribution < 1.29 is 8.42 Å². The average Bonchev–Trinajstić information content (AvgIpc) is 2.95. The van der Waals surface area contributed by atoms with Crippen LogP contribution in [0.4, 0.5) is 0 Å². The highest BCUT2D eigenvalue weighted by Gasteiger charge is 2.39.